The van der Waals surface area contributed by atoms with E-state index in [4.69, 9.17) is 5.73 Å². The fourth-order valence-corrected chi connectivity index (χ4v) is 3.47. The normalized spacial score (nSPS) is 30.0. The zero-order valence-electron chi connectivity index (χ0n) is 13.1. The Kier molecular flexibility index (Phi) is 6.03. The zero-order chi connectivity index (χ0) is 15.2. The molecule has 5 nitrogen and oxygen atoms in total. The number of carbonyl (C=O) groups excluding carboxylic acids is 2. The van der Waals surface area contributed by atoms with E-state index in [-0.39, 0.29) is 23.8 Å². The SMILES string of the molecule is CC1CCCC(C(=O)NCCC(=O)N2CCCCC2)C1N. The summed E-state index contributed by atoms with van der Waals surface area (Å²) in [4.78, 5) is 26.1. The summed E-state index contributed by atoms with van der Waals surface area (Å²) in [5.74, 6) is 0.514. The highest BCUT2D eigenvalue weighted by atomic mass is 16.2. The highest BCUT2D eigenvalue weighted by Gasteiger charge is 2.32. The molecule has 5 heteroatoms. The highest BCUT2D eigenvalue weighted by Crippen LogP contribution is 2.27. The van der Waals surface area contributed by atoms with Crippen molar-refractivity contribution in [2.24, 2.45) is 17.6 Å². The van der Waals surface area contributed by atoms with Gasteiger partial charge in [-0.05, 0) is 38.0 Å². The Morgan fingerprint density at radius 1 is 1.14 bits per heavy atom. The van der Waals surface area contributed by atoms with Gasteiger partial charge in [-0.25, -0.2) is 0 Å². The summed E-state index contributed by atoms with van der Waals surface area (Å²) in [6.45, 7) is 4.30. The van der Waals surface area contributed by atoms with Crippen LogP contribution in [0.4, 0.5) is 0 Å². The monoisotopic (exact) mass is 295 g/mol. The van der Waals surface area contributed by atoms with Crippen molar-refractivity contribution in [2.45, 2.75) is 57.9 Å². The summed E-state index contributed by atoms with van der Waals surface area (Å²) in [7, 11) is 0. The van der Waals surface area contributed by atoms with E-state index >= 15 is 0 Å². The standard InChI is InChI=1S/C16H29N3O2/c1-12-6-5-7-13(15(12)17)16(21)18-9-8-14(20)19-10-3-2-4-11-19/h12-13,15H,2-11,17H2,1H3,(H,18,21). The van der Waals surface area contributed by atoms with E-state index in [2.05, 4.69) is 12.2 Å². The molecule has 2 aliphatic rings. The third-order valence-electron chi connectivity index (χ3n) is 4.98. The summed E-state index contributed by atoms with van der Waals surface area (Å²) in [6, 6.07) is -0.0449. The molecule has 2 fully saturated rings. The van der Waals surface area contributed by atoms with Gasteiger partial charge in [0.1, 0.15) is 0 Å². The fourth-order valence-electron chi connectivity index (χ4n) is 3.47. The van der Waals surface area contributed by atoms with Crippen LogP contribution in [0.5, 0.6) is 0 Å². The van der Waals surface area contributed by atoms with Crippen LogP contribution < -0.4 is 11.1 Å². The summed E-state index contributed by atoms with van der Waals surface area (Å²) >= 11 is 0. The molecule has 2 rings (SSSR count). The van der Waals surface area contributed by atoms with E-state index in [9.17, 15) is 9.59 Å². The van der Waals surface area contributed by atoms with Gasteiger partial charge in [0.15, 0.2) is 0 Å². The summed E-state index contributed by atoms with van der Waals surface area (Å²) in [5, 5.41) is 2.91. The van der Waals surface area contributed by atoms with Gasteiger partial charge in [0.2, 0.25) is 11.8 Å². The molecule has 0 aromatic carbocycles. The van der Waals surface area contributed by atoms with Gasteiger partial charge in [-0.3, -0.25) is 9.59 Å². The molecule has 1 heterocycles. The number of nitrogens with zero attached hydrogens (tertiary/aromatic N) is 1. The van der Waals surface area contributed by atoms with E-state index in [0.717, 1.165) is 45.2 Å². The minimum Gasteiger partial charge on any atom is -0.355 e. The number of likely N-dealkylation sites (tertiary alicyclic amines) is 1. The molecule has 1 aliphatic carbocycles. The maximum Gasteiger partial charge on any atom is 0.224 e. The first-order valence-electron chi connectivity index (χ1n) is 8.40. The lowest BCUT2D eigenvalue weighted by atomic mass is 9.78. The molecule has 120 valence electrons. The number of nitrogens with one attached hydrogen (secondary N) is 1. The number of hydrogen-bond acceptors (Lipinski definition) is 3. The topological polar surface area (TPSA) is 75.4 Å². The van der Waals surface area contributed by atoms with Crippen molar-refractivity contribution in [3.63, 3.8) is 0 Å². The third-order valence-corrected chi connectivity index (χ3v) is 4.98. The summed E-state index contributed by atoms with van der Waals surface area (Å²) in [6.07, 6.45) is 6.89. The highest BCUT2D eigenvalue weighted by molar-refractivity contribution is 5.81. The molecule has 0 bridgehead atoms. The van der Waals surface area contributed by atoms with Gasteiger partial charge < -0.3 is 16.0 Å². The molecule has 0 aromatic heterocycles. The van der Waals surface area contributed by atoms with E-state index in [1.807, 2.05) is 4.90 Å². The average Bonchev–Trinajstić information content (AvgIpc) is 2.50. The molecule has 2 amide bonds. The number of carbonyl (C=O) groups is 2. The molecule has 1 saturated carbocycles. The average molecular weight is 295 g/mol. The first kappa shape index (κ1) is 16.3. The van der Waals surface area contributed by atoms with Crippen LogP contribution in [-0.4, -0.2) is 42.4 Å². The van der Waals surface area contributed by atoms with E-state index in [0.29, 0.717) is 18.9 Å². The van der Waals surface area contributed by atoms with Crippen molar-refractivity contribution in [1.82, 2.24) is 10.2 Å². The molecular weight excluding hydrogens is 266 g/mol. The Labute approximate surface area is 127 Å². The second-order valence-electron chi connectivity index (χ2n) is 6.57. The predicted octanol–water partition coefficient (Wildman–Crippen LogP) is 1.27. The van der Waals surface area contributed by atoms with Crippen LogP contribution in [0.15, 0.2) is 0 Å². The van der Waals surface area contributed by atoms with Crippen molar-refractivity contribution in [3.05, 3.63) is 0 Å². The number of amides is 2. The van der Waals surface area contributed by atoms with Crippen LogP contribution >= 0.6 is 0 Å². The lowest BCUT2D eigenvalue weighted by Crippen LogP contribution is -2.48. The molecule has 21 heavy (non-hydrogen) atoms. The van der Waals surface area contributed by atoms with E-state index in [1.54, 1.807) is 0 Å². The van der Waals surface area contributed by atoms with Crippen LogP contribution in [-0.2, 0) is 9.59 Å². The predicted molar refractivity (Wildman–Crippen MR) is 82.5 cm³/mol. The first-order chi connectivity index (χ1) is 10.1. The van der Waals surface area contributed by atoms with Crippen molar-refractivity contribution in [3.8, 4) is 0 Å². The molecule has 0 spiro atoms. The van der Waals surface area contributed by atoms with E-state index < -0.39 is 0 Å². The van der Waals surface area contributed by atoms with Crippen molar-refractivity contribution >= 4 is 11.8 Å². The smallest absolute Gasteiger partial charge is 0.224 e. The largest absolute Gasteiger partial charge is 0.355 e. The maximum absolute atomic E-state index is 12.2. The van der Waals surface area contributed by atoms with Gasteiger partial charge in [0.25, 0.3) is 0 Å². The maximum atomic E-state index is 12.2. The second kappa shape index (κ2) is 7.78. The van der Waals surface area contributed by atoms with Crippen molar-refractivity contribution < 1.29 is 9.59 Å². The van der Waals surface area contributed by atoms with Crippen LogP contribution in [0.3, 0.4) is 0 Å². The van der Waals surface area contributed by atoms with Crippen molar-refractivity contribution in [2.75, 3.05) is 19.6 Å². The number of piperidine rings is 1. The molecule has 1 saturated heterocycles. The minimum atomic E-state index is -0.0844. The first-order valence-corrected chi connectivity index (χ1v) is 8.40. The molecule has 3 N–H and O–H groups in total. The quantitative estimate of drug-likeness (QED) is 0.820. The van der Waals surface area contributed by atoms with Crippen LogP contribution in [0.25, 0.3) is 0 Å². The van der Waals surface area contributed by atoms with Gasteiger partial charge >= 0.3 is 0 Å². The zero-order valence-corrected chi connectivity index (χ0v) is 13.1. The number of hydrogen-bond donors (Lipinski definition) is 2. The third kappa shape index (κ3) is 4.43. The molecule has 1 aliphatic heterocycles. The van der Waals surface area contributed by atoms with Gasteiger partial charge in [-0.15, -0.1) is 0 Å². The van der Waals surface area contributed by atoms with Gasteiger partial charge in [-0.1, -0.05) is 13.3 Å². The molecule has 3 atom stereocenters. The Balaban J connectivity index is 1.70. The molecule has 3 unspecified atom stereocenters. The Hall–Kier alpha value is -1.10. The van der Waals surface area contributed by atoms with Gasteiger partial charge in [-0.2, -0.15) is 0 Å². The van der Waals surface area contributed by atoms with Gasteiger partial charge in [0, 0.05) is 32.1 Å². The Bertz CT molecular complexity index is 367. The van der Waals surface area contributed by atoms with Gasteiger partial charge in [0.05, 0.1) is 5.92 Å². The van der Waals surface area contributed by atoms with Crippen LogP contribution in [0, 0.1) is 11.8 Å². The number of nitrogens with two attached hydrogens (primary N) is 1. The summed E-state index contributed by atoms with van der Waals surface area (Å²) < 4.78 is 0. The minimum absolute atomic E-state index is 0.0282. The lowest BCUT2D eigenvalue weighted by molar-refractivity contribution is -0.132. The van der Waals surface area contributed by atoms with Crippen molar-refractivity contribution in [1.29, 1.82) is 0 Å². The Morgan fingerprint density at radius 3 is 2.57 bits per heavy atom. The van der Waals surface area contributed by atoms with Crippen LogP contribution in [0.1, 0.15) is 51.9 Å². The molecular formula is C16H29N3O2. The lowest BCUT2D eigenvalue weighted by Gasteiger charge is -2.33. The van der Waals surface area contributed by atoms with E-state index in [1.165, 1.54) is 6.42 Å². The molecule has 0 radical (unpaired) electrons. The number of rotatable bonds is 4. The molecule has 0 aromatic rings. The fraction of sp³-hybridized carbons (Fsp3) is 0.875. The second-order valence-corrected chi connectivity index (χ2v) is 6.57. The van der Waals surface area contributed by atoms with Crippen LogP contribution in [0.2, 0.25) is 0 Å². The Morgan fingerprint density at radius 2 is 1.86 bits per heavy atom. The summed E-state index contributed by atoms with van der Waals surface area (Å²) in [5.41, 5.74) is 6.14.